The predicted molar refractivity (Wildman–Crippen MR) is 86.4 cm³/mol. The number of nitrogens with zero attached hydrogens (tertiary/aromatic N) is 2. The molecule has 1 aromatic carbocycles. The molecule has 0 spiro atoms. The van der Waals surface area contributed by atoms with Gasteiger partial charge in [-0.25, -0.2) is 9.97 Å². The molecule has 0 radical (unpaired) electrons. The molecule has 0 bridgehead atoms. The Morgan fingerprint density at radius 2 is 2.05 bits per heavy atom. The highest BCUT2D eigenvalue weighted by molar-refractivity contribution is 6.04. The van der Waals surface area contributed by atoms with Gasteiger partial charge in [-0.1, -0.05) is 12.1 Å². The molecule has 116 valence electrons. The fourth-order valence-corrected chi connectivity index (χ4v) is 1.89. The van der Waals surface area contributed by atoms with Gasteiger partial charge in [-0.05, 0) is 32.9 Å². The van der Waals surface area contributed by atoms with Crippen LogP contribution >= 0.6 is 0 Å². The quantitative estimate of drug-likeness (QED) is 0.857. The van der Waals surface area contributed by atoms with E-state index in [1.54, 1.807) is 12.1 Å². The molecular formula is C16H20N4O2. The largest absolute Gasteiger partial charge is 0.492 e. The van der Waals surface area contributed by atoms with Crippen molar-refractivity contribution in [3.63, 3.8) is 0 Å². The molecule has 0 aliphatic heterocycles. The van der Waals surface area contributed by atoms with Crippen molar-refractivity contribution in [3.8, 4) is 5.75 Å². The minimum atomic E-state index is -0.304. The highest BCUT2D eigenvalue weighted by atomic mass is 16.5. The summed E-state index contributed by atoms with van der Waals surface area (Å²) in [5.41, 5.74) is 0.913. The lowest BCUT2D eigenvalue weighted by atomic mass is 10.2. The number of aromatic nitrogens is 2. The molecule has 0 unspecified atom stereocenters. The number of anilines is 2. The summed E-state index contributed by atoms with van der Waals surface area (Å²) >= 11 is 0. The predicted octanol–water partition coefficient (Wildman–Crippen LogP) is 2.95. The van der Waals surface area contributed by atoms with Crippen molar-refractivity contribution in [2.24, 2.45) is 0 Å². The summed E-state index contributed by atoms with van der Waals surface area (Å²) < 4.78 is 5.49. The topological polar surface area (TPSA) is 76.1 Å². The maximum atomic E-state index is 12.3. The van der Waals surface area contributed by atoms with E-state index in [1.165, 1.54) is 6.33 Å². The molecule has 2 rings (SSSR count). The monoisotopic (exact) mass is 300 g/mol. The van der Waals surface area contributed by atoms with Gasteiger partial charge in [0, 0.05) is 12.1 Å². The van der Waals surface area contributed by atoms with Gasteiger partial charge in [-0.15, -0.1) is 0 Å². The van der Waals surface area contributed by atoms with Crippen LogP contribution < -0.4 is 15.4 Å². The molecule has 0 atom stereocenters. The van der Waals surface area contributed by atoms with E-state index < -0.39 is 0 Å². The highest BCUT2D eigenvalue weighted by Gasteiger charge is 2.12. The normalized spacial score (nSPS) is 10.4. The molecule has 2 aromatic rings. The van der Waals surface area contributed by atoms with Crippen molar-refractivity contribution in [2.75, 3.05) is 17.2 Å². The molecule has 0 saturated heterocycles. The van der Waals surface area contributed by atoms with E-state index in [9.17, 15) is 4.79 Å². The molecule has 0 saturated carbocycles. The van der Waals surface area contributed by atoms with Gasteiger partial charge < -0.3 is 15.4 Å². The minimum absolute atomic E-state index is 0.226. The molecule has 0 fully saturated rings. The van der Waals surface area contributed by atoms with Crippen LogP contribution in [0.3, 0.4) is 0 Å². The van der Waals surface area contributed by atoms with Crippen LogP contribution in [0.5, 0.6) is 5.75 Å². The van der Waals surface area contributed by atoms with E-state index in [1.807, 2.05) is 39.0 Å². The van der Waals surface area contributed by atoms with Crippen LogP contribution in [0.4, 0.5) is 11.5 Å². The fraction of sp³-hybridized carbons (Fsp3) is 0.312. The molecule has 1 heterocycles. The highest BCUT2D eigenvalue weighted by Crippen LogP contribution is 2.24. The molecule has 2 N–H and O–H groups in total. The van der Waals surface area contributed by atoms with Gasteiger partial charge in [0.05, 0.1) is 12.3 Å². The number of hydrogen-bond acceptors (Lipinski definition) is 5. The van der Waals surface area contributed by atoms with Gasteiger partial charge in [0.15, 0.2) is 0 Å². The summed E-state index contributed by atoms with van der Waals surface area (Å²) in [4.78, 5) is 20.4. The first kappa shape index (κ1) is 15.8. The number of ether oxygens (including phenoxy) is 1. The SMILES string of the molecule is CCOc1ccccc1NC(=O)c1cc(NC(C)C)ncn1. The number of rotatable bonds is 6. The van der Waals surface area contributed by atoms with Gasteiger partial charge in [0.25, 0.3) is 5.91 Å². The zero-order valence-electron chi connectivity index (χ0n) is 13.0. The van der Waals surface area contributed by atoms with Crippen molar-refractivity contribution < 1.29 is 9.53 Å². The Kier molecular flexibility index (Phi) is 5.30. The molecule has 1 amide bonds. The van der Waals surface area contributed by atoms with Crippen LogP contribution in [0.15, 0.2) is 36.7 Å². The number of carbonyl (C=O) groups excluding carboxylic acids is 1. The third kappa shape index (κ3) is 4.18. The maximum Gasteiger partial charge on any atom is 0.274 e. The first-order valence-electron chi connectivity index (χ1n) is 7.22. The molecule has 0 aliphatic carbocycles. The lowest BCUT2D eigenvalue weighted by Crippen LogP contribution is -2.17. The number of nitrogens with one attached hydrogen (secondary N) is 2. The lowest BCUT2D eigenvalue weighted by molar-refractivity contribution is 0.102. The molecule has 0 aliphatic rings. The number of amides is 1. The van der Waals surface area contributed by atoms with Crippen LogP contribution in [0.2, 0.25) is 0 Å². The molecule has 6 heteroatoms. The van der Waals surface area contributed by atoms with Crippen LogP contribution in [-0.2, 0) is 0 Å². The summed E-state index contributed by atoms with van der Waals surface area (Å²) in [5, 5.41) is 5.95. The molecule has 1 aromatic heterocycles. The average molecular weight is 300 g/mol. The third-order valence-electron chi connectivity index (χ3n) is 2.77. The Bertz CT molecular complexity index is 644. The van der Waals surface area contributed by atoms with Gasteiger partial charge in [0.2, 0.25) is 0 Å². The number of carbonyl (C=O) groups is 1. The van der Waals surface area contributed by atoms with Gasteiger partial charge in [0.1, 0.15) is 23.6 Å². The second-order valence-corrected chi connectivity index (χ2v) is 4.97. The van der Waals surface area contributed by atoms with Gasteiger partial charge in [-0.2, -0.15) is 0 Å². The van der Waals surface area contributed by atoms with E-state index in [0.29, 0.717) is 29.6 Å². The molecule has 22 heavy (non-hydrogen) atoms. The second-order valence-electron chi connectivity index (χ2n) is 4.97. The summed E-state index contributed by atoms with van der Waals surface area (Å²) in [6.07, 6.45) is 1.37. The van der Waals surface area contributed by atoms with Crippen LogP contribution in [-0.4, -0.2) is 28.5 Å². The van der Waals surface area contributed by atoms with Gasteiger partial charge >= 0.3 is 0 Å². The average Bonchev–Trinajstić information content (AvgIpc) is 2.49. The van der Waals surface area contributed by atoms with Crippen molar-refractivity contribution in [1.82, 2.24) is 9.97 Å². The Morgan fingerprint density at radius 1 is 1.27 bits per heavy atom. The van der Waals surface area contributed by atoms with Gasteiger partial charge in [-0.3, -0.25) is 4.79 Å². The first-order valence-corrected chi connectivity index (χ1v) is 7.22. The van der Waals surface area contributed by atoms with E-state index in [2.05, 4.69) is 20.6 Å². The third-order valence-corrected chi connectivity index (χ3v) is 2.77. The van der Waals surface area contributed by atoms with Crippen molar-refractivity contribution in [2.45, 2.75) is 26.8 Å². The van der Waals surface area contributed by atoms with E-state index in [0.717, 1.165) is 0 Å². The zero-order valence-corrected chi connectivity index (χ0v) is 13.0. The maximum absolute atomic E-state index is 12.3. The Hall–Kier alpha value is -2.63. The summed E-state index contributed by atoms with van der Waals surface area (Å²) in [6, 6.07) is 9.14. The van der Waals surface area contributed by atoms with E-state index in [4.69, 9.17) is 4.74 Å². The smallest absolute Gasteiger partial charge is 0.274 e. The summed E-state index contributed by atoms with van der Waals surface area (Å²) in [5.74, 6) is 0.947. The summed E-state index contributed by atoms with van der Waals surface area (Å²) in [6.45, 7) is 6.43. The first-order chi connectivity index (χ1) is 10.6. The van der Waals surface area contributed by atoms with Crippen molar-refractivity contribution in [1.29, 1.82) is 0 Å². The van der Waals surface area contributed by atoms with Crippen molar-refractivity contribution in [3.05, 3.63) is 42.4 Å². The molecular weight excluding hydrogens is 280 g/mol. The standard InChI is InChI=1S/C16H20N4O2/c1-4-22-14-8-6-5-7-12(14)20-16(21)13-9-15(18-10-17-13)19-11(2)3/h5-11H,4H2,1-3H3,(H,20,21)(H,17,18,19). The van der Waals surface area contributed by atoms with Crippen molar-refractivity contribution >= 4 is 17.4 Å². The minimum Gasteiger partial charge on any atom is -0.492 e. The summed E-state index contributed by atoms with van der Waals surface area (Å²) in [7, 11) is 0. The van der Waals surface area contributed by atoms with Crippen LogP contribution in [0, 0.1) is 0 Å². The fourth-order valence-electron chi connectivity index (χ4n) is 1.89. The Morgan fingerprint density at radius 3 is 2.77 bits per heavy atom. The van der Waals surface area contributed by atoms with Crippen LogP contribution in [0.25, 0.3) is 0 Å². The lowest BCUT2D eigenvalue weighted by Gasteiger charge is -2.12. The van der Waals surface area contributed by atoms with E-state index in [-0.39, 0.29) is 11.9 Å². The van der Waals surface area contributed by atoms with Crippen LogP contribution in [0.1, 0.15) is 31.3 Å². The number of para-hydroxylation sites is 2. The Balaban J connectivity index is 2.15. The number of hydrogen-bond donors (Lipinski definition) is 2. The second kappa shape index (κ2) is 7.40. The van der Waals surface area contributed by atoms with E-state index >= 15 is 0 Å². The Labute approximate surface area is 129 Å². The zero-order chi connectivity index (χ0) is 15.9. The molecule has 6 nitrogen and oxygen atoms in total. The number of benzene rings is 1.